The Morgan fingerprint density at radius 1 is 1.29 bits per heavy atom. The fourth-order valence-corrected chi connectivity index (χ4v) is 1.31. The summed E-state index contributed by atoms with van der Waals surface area (Å²) < 4.78 is 0. The van der Waals surface area contributed by atoms with E-state index in [1.165, 1.54) is 6.92 Å². The van der Waals surface area contributed by atoms with E-state index >= 15 is 0 Å². The van der Waals surface area contributed by atoms with Crippen LogP contribution in [0.25, 0.3) is 0 Å². The number of amides is 2. The summed E-state index contributed by atoms with van der Waals surface area (Å²) in [6.45, 7) is 3.52. The van der Waals surface area contributed by atoms with E-state index in [0.717, 1.165) is 25.7 Å². The Labute approximate surface area is 85.2 Å². The van der Waals surface area contributed by atoms with E-state index in [1.807, 2.05) is 0 Å². The average molecular weight is 200 g/mol. The van der Waals surface area contributed by atoms with E-state index in [2.05, 4.69) is 12.2 Å². The highest BCUT2D eigenvalue weighted by Gasteiger charge is 2.14. The molecule has 0 saturated carbocycles. The van der Waals surface area contributed by atoms with Crippen molar-refractivity contribution >= 4 is 11.8 Å². The van der Waals surface area contributed by atoms with Crippen LogP contribution in [0, 0.1) is 0 Å². The molecule has 0 aliphatic heterocycles. The van der Waals surface area contributed by atoms with Crippen LogP contribution in [0.4, 0.5) is 0 Å². The van der Waals surface area contributed by atoms with E-state index in [9.17, 15) is 9.59 Å². The first-order chi connectivity index (χ1) is 6.57. The summed E-state index contributed by atoms with van der Waals surface area (Å²) in [5, 5.41) is 2.54. The zero-order chi connectivity index (χ0) is 11.0. The van der Waals surface area contributed by atoms with Crippen molar-refractivity contribution in [3.05, 3.63) is 0 Å². The number of hydrogen-bond donors (Lipinski definition) is 2. The molecule has 1 atom stereocenters. The second-order valence-electron chi connectivity index (χ2n) is 3.50. The molecule has 2 amide bonds. The van der Waals surface area contributed by atoms with Crippen LogP contribution in [0.5, 0.6) is 0 Å². The highest BCUT2D eigenvalue weighted by atomic mass is 16.2. The van der Waals surface area contributed by atoms with Gasteiger partial charge in [-0.3, -0.25) is 9.59 Å². The summed E-state index contributed by atoms with van der Waals surface area (Å²) in [4.78, 5) is 21.6. The minimum Gasteiger partial charge on any atom is -0.368 e. The number of carbonyl (C=O) groups excluding carboxylic acids is 2. The molecule has 0 aromatic carbocycles. The zero-order valence-corrected chi connectivity index (χ0v) is 9.01. The molecule has 0 spiro atoms. The topological polar surface area (TPSA) is 72.2 Å². The van der Waals surface area contributed by atoms with Gasteiger partial charge in [-0.1, -0.05) is 32.6 Å². The Balaban J connectivity index is 3.74. The summed E-state index contributed by atoms with van der Waals surface area (Å²) in [5.41, 5.74) is 5.15. The quantitative estimate of drug-likeness (QED) is 0.600. The van der Waals surface area contributed by atoms with Gasteiger partial charge >= 0.3 is 0 Å². The molecule has 0 radical (unpaired) electrons. The van der Waals surface area contributed by atoms with Gasteiger partial charge in [0.05, 0.1) is 0 Å². The monoisotopic (exact) mass is 200 g/mol. The second-order valence-corrected chi connectivity index (χ2v) is 3.50. The minimum atomic E-state index is -0.496. The molecule has 0 unspecified atom stereocenters. The Morgan fingerprint density at radius 2 is 1.93 bits per heavy atom. The molecule has 14 heavy (non-hydrogen) atoms. The van der Waals surface area contributed by atoms with Crippen molar-refractivity contribution in [3.63, 3.8) is 0 Å². The van der Waals surface area contributed by atoms with Gasteiger partial charge < -0.3 is 11.1 Å². The molecule has 82 valence electrons. The van der Waals surface area contributed by atoms with Gasteiger partial charge in [0.25, 0.3) is 0 Å². The van der Waals surface area contributed by atoms with Crippen molar-refractivity contribution in [2.45, 2.75) is 52.0 Å². The Kier molecular flexibility index (Phi) is 6.80. The highest BCUT2D eigenvalue weighted by Crippen LogP contribution is 2.05. The molecule has 4 nitrogen and oxygen atoms in total. The number of unbranched alkanes of at least 4 members (excludes halogenated alkanes) is 3. The number of hydrogen-bond acceptors (Lipinski definition) is 2. The predicted octanol–water partition coefficient (Wildman–Crippen LogP) is 0.947. The highest BCUT2D eigenvalue weighted by molar-refractivity contribution is 5.85. The summed E-state index contributed by atoms with van der Waals surface area (Å²) in [5.74, 6) is -0.652. The van der Waals surface area contributed by atoms with Gasteiger partial charge in [0.2, 0.25) is 11.8 Å². The number of nitrogens with one attached hydrogen (secondary N) is 1. The minimum absolute atomic E-state index is 0.204. The van der Waals surface area contributed by atoms with Crippen molar-refractivity contribution in [1.29, 1.82) is 0 Å². The number of primary amides is 1. The maximum Gasteiger partial charge on any atom is 0.239 e. The maximum atomic E-state index is 10.9. The van der Waals surface area contributed by atoms with Crippen LogP contribution >= 0.6 is 0 Å². The molecule has 0 saturated heterocycles. The molecule has 0 aromatic heterocycles. The lowest BCUT2D eigenvalue weighted by Crippen LogP contribution is -2.43. The molecule has 0 rings (SSSR count). The van der Waals surface area contributed by atoms with E-state index in [0.29, 0.717) is 6.42 Å². The Bertz CT molecular complexity index is 193. The van der Waals surface area contributed by atoms with Gasteiger partial charge in [-0.2, -0.15) is 0 Å². The van der Waals surface area contributed by atoms with Crippen LogP contribution in [0.2, 0.25) is 0 Å². The molecule has 0 bridgehead atoms. The lowest BCUT2D eigenvalue weighted by Gasteiger charge is -2.13. The Morgan fingerprint density at radius 3 is 2.36 bits per heavy atom. The van der Waals surface area contributed by atoms with Gasteiger partial charge in [0.15, 0.2) is 0 Å². The van der Waals surface area contributed by atoms with Crippen LogP contribution in [-0.4, -0.2) is 17.9 Å². The van der Waals surface area contributed by atoms with E-state index in [4.69, 9.17) is 5.73 Å². The molecular weight excluding hydrogens is 180 g/mol. The first kappa shape index (κ1) is 12.9. The standard InChI is InChI=1S/C10H20N2O2/c1-3-4-5-6-7-9(10(11)14)12-8(2)13/h9H,3-7H2,1-2H3,(H2,11,14)(H,12,13)/t9-/m0/s1. The fraction of sp³-hybridized carbons (Fsp3) is 0.800. The fourth-order valence-electron chi connectivity index (χ4n) is 1.31. The molecule has 0 fully saturated rings. The van der Waals surface area contributed by atoms with E-state index in [-0.39, 0.29) is 5.91 Å². The van der Waals surface area contributed by atoms with Crippen molar-refractivity contribution < 1.29 is 9.59 Å². The summed E-state index contributed by atoms with van der Waals surface area (Å²) in [6, 6.07) is -0.496. The summed E-state index contributed by atoms with van der Waals surface area (Å²) >= 11 is 0. The number of rotatable bonds is 7. The molecule has 0 aromatic rings. The smallest absolute Gasteiger partial charge is 0.239 e. The van der Waals surface area contributed by atoms with Crippen LogP contribution in [0.15, 0.2) is 0 Å². The molecule has 4 heteroatoms. The second kappa shape index (κ2) is 7.35. The van der Waals surface area contributed by atoms with Crippen molar-refractivity contribution in [1.82, 2.24) is 5.32 Å². The third kappa shape index (κ3) is 6.46. The van der Waals surface area contributed by atoms with Crippen molar-refractivity contribution in [3.8, 4) is 0 Å². The normalized spacial score (nSPS) is 12.1. The largest absolute Gasteiger partial charge is 0.368 e. The number of carbonyl (C=O) groups is 2. The van der Waals surface area contributed by atoms with Crippen molar-refractivity contribution in [2.24, 2.45) is 5.73 Å². The zero-order valence-electron chi connectivity index (χ0n) is 9.01. The summed E-state index contributed by atoms with van der Waals surface area (Å²) in [6.07, 6.45) is 4.98. The number of nitrogens with two attached hydrogens (primary N) is 1. The van der Waals surface area contributed by atoms with Gasteiger partial charge in [-0.15, -0.1) is 0 Å². The molecule has 0 heterocycles. The van der Waals surface area contributed by atoms with Gasteiger partial charge in [0, 0.05) is 6.92 Å². The van der Waals surface area contributed by atoms with Crippen LogP contribution in [0.3, 0.4) is 0 Å². The molecule has 0 aliphatic rings. The maximum absolute atomic E-state index is 10.9. The van der Waals surface area contributed by atoms with Gasteiger partial charge in [-0.05, 0) is 6.42 Å². The lowest BCUT2D eigenvalue weighted by molar-refractivity contribution is -0.126. The third-order valence-corrected chi connectivity index (χ3v) is 2.07. The molecular formula is C10H20N2O2. The van der Waals surface area contributed by atoms with E-state index < -0.39 is 11.9 Å². The van der Waals surface area contributed by atoms with Crippen molar-refractivity contribution in [2.75, 3.05) is 0 Å². The average Bonchev–Trinajstić information content (AvgIpc) is 2.09. The van der Waals surface area contributed by atoms with Crippen LogP contribution in [0.1, 0.15) is 46.0 Å². The Hall–Kier alpha value is -1.06. The van der Waals surface area contributed by atoms with Crippen LogP contribution < -0.4 is 11.1 Å². The first-order valence-corrected chi connectivity index (χ1v) is 5.14. The first-order valence-electron chi connectivity index (χ1n) is 5.14. The SMILES string of the molecule is CCCCCC[C@H](NC(C)=O)C(N)=O. The van der Waals surface area contributed by atoms with Gasteiger partial charge in [-0.25, -0.2) is 0 Å². The molecule has 0 aliphatic carbocycles. The molecule has 3 N–H and O–H groups in total. The van der Waals surface area contributed by atoms with Crippen LogP contribution in [-0.2, 0) is 9.59 Å². The van der Waals surface area contributed by atoms with E-state index in [1.54, 1.807) is 0 Å². The third-order valence-electron chi connectivity index (χ3n) is 2.07. The predicted molar refractivity (Wildman–Crippen MR) is 55.6 cm³/mol. The lowest BCUT2D eigenvalue weighted by atomic mass is 10.1. The summed E-state index contributed by atoms with van der Waals surface area (Å²) in [7, 11) is 0. The van der Waals surface area contributed by atoms with Gasteiger partial charge in [0.1, 0.15) is 6.04 Å².